The van der Waals surface area contributed by atoms with E-state index in [0.29, 0.717) is 16.9 Å². The Labute approximate surface area is 124 Å². The van der Waals surface area contributed by atoms with Crippen molar-refractivity contribution >= 4 is 9.84 Å². The van der Waals surface area contributed by atoms with Crippen LogP contribution in [0, 0.1) is 6.92 Å². The van der Waals surface area contributed by atoms with Gasteiger partial charge in [-0.3, -0.25) is 0 Å². The highest BCUT2D eigenvalue weighted by Crippen LogP contribution is 2.25. The number of aryl methyl sites for hydroxylation is 1. The normalized spacial score (nSPS) is 11.4. The summed E-state index contributed by atoms with van der Waals surface area (Å²) in [7, 11) is -1.95. The predicted molar refractivity (Wildman–Crippen MR) is 81.0 cm³/mol. The number of hydrogen-bond donors (Lipinski definition) is 1. The molecule has 0 aliphatic carbocycles. The van der Waals surface area contributed by atoms with Crippen molar-refractivity contribution in [1.29, 1.82) is 0 Å². The fraction of sp³-hybridized carbons (Fsp3) is 0.250. The summed E-state index contributed by atoms with van der Waals surface area (Å²) in [5.41, 5.74) is 2.21. The van der Waals surface area contributed by atoms with Crippen molar-refractivity contribution in [2.75, 3.05) is 7.11 Å². The van der Waals surface area contributed by atoms with Crippen LogP contribution in [0.2, 0.25) is 0 Å². The summed E-state index contributed by atoms with van der Waals surface area (Å²) in [5, 5.41) is 9.18. The lowest BCUT2D eigenvalue weighted by atomic mass is 10.1. The monoisotopic (exact) mass is 306 g/mol. The molecule has 0 saturated heterocycles. The third-order valence-corrected chi connectivity index (χ3v) is 4.93. The Balaban J connectivity index is 2.38. The SMILES string of the molecule is COc1ccc(CO)cc1CS(=O)(=O)c1ccc(C)cc1. The molecule has 2 aromatic carbocycles. The summed E-state index contributed by atoms with van der Waals surface area (Å²) >= 11 is 0. The van der Waals surface area contributed by atoms with Crippen molar-refractivity contribution in [3.8, 4) is 5.75 Å². The van der Waals surface area contributed by atoms with Crippen LogP contribution in [0.25, 0.3) is 0 Å². The van der Waals surface area contributed by atoms with Gasteiger partial charge in [0.15, 0.2) is 9.84 Å². The molecule has 0 saturated carbocycles. The first kappa shape index (κ1) is 15.5. The third-order valence-electron chi connectivity index (χ3n) is 3.25. The maximum Gasteiger partial charge on any atom is 0.182 e. The van der Waals surface area contributed by atoms with Gasteiger partial charge in [0.2, 0.25) is 0 Å². The lowest BCUT2D eigenvalue weighted by Gasteiger charge is -2.11. The number of sulfone groups is 1. The fourth-order valence-corrected chi connectivity index (χ4v) is 3.43. The molecule has 0 aliphatic heterocycles. The van der Waals surface area contributed by atoms with E-state index in [1.807, 2.05) is 6.92 Å². The van der Waals surface area contributed by atoms with E-state index in [1.54, 1.807) is 42.5 Å². The van der Waals surface area contributed by atoms with Gasteiger partial charge in [0.1, 0.15) is 5.75 Å². The summed E-state index contributed by atoms with van der Waals surface area (Å²) in [6.45, 7) is 1.77. The molecular formula is C16H18O4S. The molecule has 0 unspecified atom stereocenters. The van der Waals surface area contributed by atoms with Crippen molar-refractivity contribution < 1.29 is 18.3 Å². The van der Waals surface area contributed by atoms with Crippen LogP contribution in [-0.2, 0) is 22.2 Å². The lowest BCUT2D eigenvalue weighted by Crippen LogP contribution is -2.07. The summed E-state index contributed by atoms with van der Waals surface area (Å²) in [5.74, 6) is 0.343. The number of methoxy groups -OCH3 is 1. The number of hydrogen-bond acceptors (Lipinski definition) is 4. The predicted octanol–water partition coefficient (Wildman–Crippen LogP) is 2.47. The quantitative estimate of drug-likeness (QED) is 0.921. The molecule has 0 heterocycles. The Morgan fingerprint density at radius 2 is 1.76 bits per heavy atom. The molecule has 0 radical (unpaired) electrons. The lowest BCUT2D eigenvalue weighted by molar-refractivity contribution is 0.281. The molecule has 5 heteroatoms. The van der Waals surface area contributed by atoms with Crippen LogP contribution in [0.1, 0.15) is 16.7 Å². The number of aliphatic hydroxyl groups is 1. The summed E-state index contributed by atoms with van der Waals surface area (Å²) in [6, 6.07) is 11.8. The second-order valence-electron chi connectivity index (χ2n) is 4.88. The average molecular weight is 306 g/mol. The first-order valence-electron chi connectivity index (χ1n) is 6.52. The second kappa shape index (κ2) is 6.28. The summed E-state index contributed by atoms with van der Waals surface area (Å²) in [6.07, 6.45) is 0. The first-order chi connectivity index (χ1) is 9.96. The Bertz CT molecular complexity index is 718. The molecular weight excluding hydrogens is 288 g/mol. The van der Waals surface area contributed by atoms with Gasteiger partial charge in [-0.25, -0.2) is 8.42 Å². The van der Waals surface area contributed by atoms with E-state index in [-0.39, 0.29) is 17.3 Å². The Kier molecular flexibility index (Phi) is 4.65. The van der Waals surface area contributed by atoms with E-state index in [1.165, 1.54) is 7.11 Å². The number of aliphatic hydroxyl groups excluding tert-OH is 1. The van der Waals surface area contributed by atoms with Gasteiger partial charge in [-0.1, -0.05) is 23.8 Å². The highest BCUT2D eigenvalue weighted by Gasteiger charge is 2.18. The smallest absolute Gasteiger partial charge is 0.182 e. The molecule has 21 heavy (non-hydrogen) atoms. The standard InChI is InChI=1S/C16H18O4S/c1-12-3-6-15(7-4-12)21(18,19)11-14-9-13(10-17)5-8-16(14)20-2/h3-9,17H,10-11H2,1-2H3. The number of benzene rings is 2. The largest absolute Gasteiger partial charge is 0.496 e. The van der Waals surface area contributed by atoms with E-state index in [9.17, 15) is 13.5 Å². The summed E-state index contributed by atoms with van der Waals surface area (Å²) < 4.78 is 30.1. The highest BCUT2D eigenvalue weighted by molar-refractivity contribution is 7.90. The second-order valence-corrected chi connectivity index (χ2v) is 6.87. The molecule has 2 rings (SSSR count). The summed E-state index contributed by atoms with van der Waals surface area (Å²) in [4.78, 5) is 0.282. The van der Waals surface area contributed by atoms with Crippen LogP contribution in [0.4, 0.5) is 0 Å². The van der Waals surface area contributed by atoms with E-state index in [2.05, 4.69) is 0 Å². The molecule has 0 atom stereocenters. The van der Waals surface area contributed by atoms with Gasteiger partial charge < -0.3 is 9.84 Å². The topological polar surface area (TPSA) is 63.6 Å². The maximum absolute atomic E-state index is 12.5. The van der Waals surface area contributed by atoms with Crippen molar-refractivity contribution in [3.63, 3.8) is 0 Å². The molecule has 1 N–H and O–H groups in total. The van der Waals surface area contributed by atoms with Crippen molar-refractivity contribution in [2.24, 2.45) is 0 Å². The average Bonchev–Trinajstić information content (AvgIpc) is 2.47. The van der Waals surface area contributed by atoms with Crippen molar-refractivity contribution in [3.05, 3.63) is 59.2 Å². The minimum Gasteiger partial charge on any atom is -0.496 e. The fourth-order valence-electron chi connectivity index (χ4n) is 2.08. The van der Waals surface area contributed by atoms with E-state index in [0.717, 1.165) is 5.56 Å². The van der Waals surface area contributed by atoms with Crippen LogP contribution in [0.15, 0.2) is 47.4 Å². The van der Waals surface area contributed by atoms with E-state index in [4.69, 9.17) is 4.74 Å². The van der Waals surface area contributed by atoms with Gasteiger partial charge in [-0.2, -0.15) is 0 Å². The zero-order chi connectivity index (χ0) is 15.5. The van der Waals surface area contributed by atoms with Crippen LogP contribution < -0.4 is 4.74 Å². The minimum absolute atomic E-state index is 0.137. The van der Waals surface area contributed by atoms with Gasteiger partial charge in [-0.15, -0.1) is 0 Å². The van der Waals surface area contributed by atoms with Crippen LogP contribution in [-0.4, -0.2) is 20.6 Å². The van der Waals surface area contributed by atoms with E-state index < -0.39 is 9.84 Å². The molecule has 0 spiro atoms. The molecule has 0 aliphatic rings. The van der Waals surface area contributed by atoms with Gasteiger partial charge >= 0.3 is 0 Å². The molecule has 2 aromatic rings. The van der Waals surface area contributed by atoms with Crippen molar-refractivity contribution in [2.45, 2.75) is 24.2 Å². The zero-order valence-corrected chi connectivity index (χ0v) is 12.9. The molecule has 112 valence electrons. The Hall–Kier alpha value is -1.85. The maximum atomic E-state index is 12.5. The number of rotatable bonds is 5. The Morgan fingerprint density at radius 1 is 1.10 bits per heavy atom. The number of ether oxygens (including phenoxy) is 1. The minimum atomic E-state index is -3.45. The van der Waals surface area contributed by atoms with Crippen LogP contribution in [0.3, 0.4) is 0 Å². The van der Waals surface area contributed by atoms with Gasteiger partial charge in [-0.05, 0) is 36.8 Å². The van der Waals surface area contributed by atoms with Crippen molar-refractivity contribution in [1.82, 2.24) is 0 Å². The van der Waals surface area contributed by atoms with Crippen LogP contribution >= 0.6 is 0 Å². The molecule has 0 aromatic heterocycles. The third kappa shape index (κ3) is 3.62. The van der Waals surface area contributed by atoms with Crippen LogP contribution in [0.5, 0.6) is 5.75 Å². The molecule has 4 nitrogen and oxygen atoms in total. The van der Waals surface area contributed by atoms with E-state index >= 15 is 0 Å². The van der Waals surface area contributed by atoms with Gasteiger partial charge in [0, 0.05) is 5.56 Å². The first-order valence-corrected chi connectivity index (χ1v) is 8.17. The Morgan fingerprint density at radius 3 is 2.33 bits per heavy atom. The highest BCUT2D eigenvalue weighted by atomic mass is 32.2. The van der Waals surface area contributed by atoms with Gasteiger partial charge in [0.05, 0.1) is 24.4 Å². The molecule has 0 bridgehead atoms. The molecule has 0 fully saturated rings. The molecule has 0 amide bonds. The zero-order valence-electron chi connectivity index (χ0n) is 12.0. The van der Waals surface area contributed by atoms with Gasteiger partial charge in [0.25, 0.3) is 0 Å².